The van der Waals surface area contributed by atoms with Crippen molar-refractivity contribution in [2.45, 2.75) is 25.0 Å². The number of nitrogens with two attached hydrogens (primary N) is 1. The fourth-order valence-electron chi connectivity index (χ4n) is 2.09. The molecule has 18 heavy (non-hydrogen) atoms. The fraction of sp³-hybridized carbons (Fsp3) is 0.462. The molecule has 0 aliphatic carbocycles. The molecule has 0 bridgehead atoms. The van der Waals surface area contributed by atoms with E-state index in [1.54, 1.807) is 4.90 Å². The third-order valence-electron chi connectivity index (χ3n) is 3.20. The van der Waals surface area contributed by atoms with E-state index in [0.717, 1.165) is 5.56 Å². The summed E-state index contributed by atoms with van der Waals surface area (Å²) >= 11 is 0. The minimum Gasteiger partial charge on any atom is -0.393 e. The Morgan fingerprint density at radius 2 is 1.83 bits per heavy atom. The van der Waals surface area contributed by atoms with E-state index in [9.17, 15) is 9.90 Å². The quantitative estimate of drug-likeness (QED) is 0.846. The van der Waals surface area contributed by atoms with Crippen molar-refractivity contribution in [3.05, 3.63) is 35.9 Å². The van der Waals surface area contributed by atoms with Crippen molar-refractivity contribution in [1.82, 2.24) is 4.90 Å². The Morgan fingerprint density at radius 1 is 1.28 bits per heavy atom. The maximum atomic E-state index is 12.1. The van der Waals surface area contributed by atoms with Gasteiger partial charge in [0.2, 0.25) is 5.91 Å². The molecular formula is C13H19ClN2O2. The van der Waals surface area contributed by atoms with Crippen LogP contribution in [0.4, 0.5) is 0 Å². The third kappa shape index (κ3) is 3.45. The van der Waals surface area contributed by atoms with Crippen molar-refractivity contribution in [2.75, 3.05) is 13.1 Å². The van der Waals surface area contributed by atoms with Crippen LogP contribution in [0.3, 0.4) is 0 Å². The molecule has 1 aromatic carbocycles. The van der Waals surface area contributed by atoms with Gasteiger partial charge in [-0.15, -0.1) is 12.4 Å². The van der Waals surface area contributed by atoms with Gasteiger partial charge in [-0.3, -0.25) is 4.79 Å². The molecule has 100 valence electrons. The van der Waals surface area contributed by atoms with Gasteiger partial charge in [-0.25, -0.2) is 0 Å². The van der Waals surface area contributed by atoms with Crippen LogP contribution in [-0.2, 0) is 4.79 Å². The molecule has 3 N–H and O–H groups in total. The Kier molecular flexibility index (Phi) is 5.59. The van der Waals surface area contributed by atoms with Gasteiger partial charge in [-0.1, -0.05) is 30.3 Å². The number of hydrogen-bond donors (Lipinski definition) is 2. The Morgan fingerprint density at radius 3 is 2.39 bits per heavy atom. The maximum Gasteiger partial charge on any atom is 0.244 e. The molecule has 0 saturated carbocycles. The molecular weight excluding hydrogens is 252 g/mol. The van der Waals surface area contributed by atoms with Crippen molar-refractivity contribution in [1.29, 1.82) is 0 Å². The highest BCUT2D eigenvalue weighted by Crippen LogP contribution is 2.17. The lowest BCUT2D eigenvalue weighted by Crippen LogP contribution is -2.44. The SMILES string of the molecule is Cl.NC(C(=O)N1CCC(O)CC1)c1ccccc1. The molecule has 1 atom stereocenters. The smallest absolute Gasteiger partial charge is 0.244 e. The summed E-state index contributed by atoms with van der Waals surface area (Å²) in [6.45, 7) is 1.20. The first-order valence-electron chi connectivity index (χ1n) is 5.96. The van der Waals surface area contributed by atoms with Gasteiger partial charge < -0.3 is 15.7 Å². The summed E-state index contributed by atoms with van der Waals surface area (Å²) < 4.78 is 0. The number of rotatable bonds is 2. The van der Waals surface area contributed by atoms with Gasteiger partial charge >= 0.3 is 0 Å². The zero-order valence-corrected chi connectivity index (χ0v) is 11.0. The first kappa shape index (κ1) is 15.0. The topological polar surface area (TPSA) is 66.6 Å². The van der Waals surface area contributed by atoms with Gasteiger partial charge in [-0.2, -0.15) is 0 Å². The maximum absolute atomic E-state index is 12.1. The van der Waals surface area contributed by atoms with E-state index < -0.39 is 6.04 Å². The second-order valence-electron chi connectivity index (χ2n) is 4.44. The van der Waals surface area contributed by atoms with Gasteiger partial charge in [0.05, 0.1) is 6.10 Å². The van der Waals surface area contributed by atoms with Crippen LogP contribution in [0.1, 0.15) is 24.4 Å². The zero-order valence-electron chi connectivity index (χ0n) is 10.2. The number of likely N-dealkylation sites (tertiary alicyclic amines) is 1. The number of benzene rings is 1. The molecule has 1 aliphatic rings. The number of nitrogens with zero attached hydrogens (tertiary/aromatic N) is 1. The molecule has 4 nitrogen and oxygen atoms in total. The van der Waals surface area contributed by atoms with Crippen LogP contribution in [0, 0.1) is 0 Å². The van der Waals surface area contributed by atoms with Crippen LogP contribution < -0.4 is 5.73 Å². The molecule has 1 aromatic rings. The molecule has 1 unspecified atom stereocenters. The molecule has 2 rings (SSSR count). The highest BCUT2D eigenvalue weighted by Gasteiger charge is 2.26. The predicted molar refractivity (Wildman–Crippen MR) is 72.4 cm³/mol. The Bertz CT molecular complexity index is 378. The number of amides is 1. The number of aliphatic hydroxyl groups excluding tert-OH is 1. The molecule has 1 amide bonds. The Hall–Kier alpha value is -1.10. The fourth-order valence-corrected chi connectivity index (χ4v) is 2.09. The van der Waals surface area contributed by atoms with E-state index in [1.807, 2.05) is 30.3 Å². The van der Waals surface area contributed by atoms with Gasteiger partial charge in [0.15, 0.2) is 0 Å². The van der Waals surface area contributed by atoms with E-state index in [0.29, 0.717) is 25.9 Å². The van der Waals surface area contributed by atoms with Crippen LogP contribution >= 0.6 is 12.4 Å². The first-order valence-corrected chi connectivity index (χ1v) is 5.96. The average molecular weight is 271 g/mol. The van der Waals surface area contributed by atoms with Crippen molar-refractivity contribution in [3.63, 3.8) is 0 Å². The van der Waals surface area contributed by atoms with Gasteiger partial charge in [0.1, 0.15) is 6.04 Å². The standard InChI is InChI=1S/C13H18N2O2.ClH/c14-12(10-4-2-1-3-5-10)13(17)15-8-6-11(16)7-9-15;/h1-5,11-12,16H,6-9,14H2;1H. The molecule has 1 heterocycles. The van der Waals surface area contributed by atoms with Gasteiger partial charge in [-0.05, 0) is 18.4 Å². The van der Waals surface area contributed by atoms with E-state index in [4.69, 9.17) is 5.73 Å². The molecule has 5 heteroatoms. The predicted octanol–water partition coefficient (Wildman–Crippen LogP) is 1.09. The Balaban J connectivity index is 0.00000162. The van der Waals surface area contributed by atoms with Crippen molar-refractivity contribution in [3.8, 4) is 0 Å². The second-order valence-corrected chi connectivity index (χ2v) is 4.44. The summed E-state index contributed by atoms with van der Waals surface area (Å²) in [7, 11) is 0. The van der Waals surface area contributed by atoms with Crippen molar-refractivity contribution < 1.29 is 9.90 Å². The van der Waals surface area contributed by atoms with Crippen LogP contribution in [-0.4, -0.2) is 35.1 Å². The van der Waals surface area contributed by atoms with Crippen LogP contribution in [0.5, 0.6) is 0 Å². The van der Waals surface area contributed by atoms with Crippen molar-refractivity contribution >= 4 is 18.3 Å². The molecule has 0 spiro atoms. The van der Waals surface area contributed by atoms with Crippen LogP contribution in [0.25, 0.3) is 0 Å². The summed E-state index contributed by atoms with van der Waals surface area (Å²) in [4.78, 5) is 13.9. The lowest BCUT2D eigenvalue weighted by molar-refractivity contribution is -0.134. The van der Waals surface area contributed by atoms with E-state index in [2.05, 4.69) is 0 Å². The summed E-state index contributed by atoms with van der Waals surface area (Å²) in [5, 5.41) is 9.40. The minimum absolute atomic E-state index is 0. The van der Waals surface area contributed by atoms with Gasteiger partial charge in [0, 0.05) is 13.1 Å². The lowest BCUT2D eigenvalue weighted by Gasteiger charge is -2.31. The van der Waals surface area contributed by atoms with E-state index in [-0.39, 0.29) is 24.4 Å². The second kappa shape index (κ2) is 6.73. The summed E-state index contributed by atoms with van der Waals surface area (Å²) in [6.07, 6.45) is 1.02. The molecule has 0 radical (unpaired) electrons. The molecule has 1 saturated heterocycles. The van der Waals surface area contributed by atoms with Crippen molar-refractivity contribution in [2.24, 2.45) is 5.73 Å². The molecule has 0 aromatic heterocycles. The van der Waals surface area contributed by atoms with Crippen LogP contribution in [0.15, 0.2) is 30.3 Å². The number of halogens is 1. The molecule has 1 aliphatic heterocycles. The number of carbonyl (C=O) groups is 1. The summed E-state index contributed by atoms with van der Waals surface area (Å²) in [5.41, 5.74) is 6.79. The molecule has 1 fully saturated rings. The summed E-state index contributed by atoms with van der Waals surface area (Å²) in [6, 6.07) is 8.79. The zero-order chi connectivity index (χ0) is 12.3. The largest absolute Gasteiger partial charge is 0.393 e. The number of hydrogen-bond acceptors (Lipinski definition) is 3. The average Bonchev–Trinajstić information content (AvgIpc) is 2.39. The number of piperidine rings is 1. The first-order chi connectivity index (χ1) is 8.18. The highest BCUT2D eigenvalue weighted by atomic mass is 35.5. The monoisotopic (exact) mass is 270 g/mol. The highest BCUT2D eigenvalue weighted by molar-refractivity contribution is 5.85. The summed E-state index contributed by atoms with van der Waals surface area (Å²) in [5.74, 6) is -0.0527. The number of carbonyl (C=O) groups excluding carboxylic acids is 1. The van der Waals surface area contributed by atoms with E-state index in [1.165, 1.54) is 0 Å². The lowest BCUT2D eigenvalue weighted by atomic mass is 10.0. The van der Waals surface area contributed by atoms with Crippen LogP contribution in [0.2, 0.25) is 0 Å². The number of aliphatic hydroxyl groups is 1. The van der Waals surface area contributed by atoms with E-state index >= 15 is 0 Å². The van der Waals surface area contributed by atoms with Gasteiger partial charge in [0.25, 0.3) is 0 Å². The Labute approximate surface area is 113 Å². The minimum atomic E-state index is -0.591. The normalized spacial score (nSPS) is 18.0. The third-order valence-corrected chi connectivity index (χ3v) is 3.20.